The van der Waals surface area contributed by atoms with Gasteiger partial charge in [0.15, 0.2) is 11.5 Å². The molecule has 0 unspecified atom stereocenters. The zero-order chi connectivity index (χ0) is 19.6. The molecule has 0 radical (unpaired) electrons. The quantitative estimate of drug-likeness (QED) is 0.417. The van der Waals surface area contributed by atoms with Gasteiger partial charge in [0.25, 0.3) is 0 Å². The van der Waals surface area contributed by atoms with Crippen molar-refractivity contribution in [1.82, 2.24) is 44.7 Å². The molecule has 0 spiro atoms. The van der Waals surface area contributed by atoms with Crippen LogP contribution >= 0.6 is 0 Å². The monoisotopic (exact) mass is 385 g/mol. The fourth-order valence-corrected chi connectivity index (χ4v) is 2.91. The third kappa shape index (κ3) is 3.32. The third-order valence-electron chi connectivity index (χ3n) is 4.07. The van der Waals surface area contributed by atoms with Crippen LogP contribution in [-0.4, -0.2) is 44.7 Å². The summed E-state index contributed by atoms with van der Waals surface area (Å²) in [6.07, 6.45) is 6.49. The fourth-order valence-electron chi connectivity index (χ4n) is 2.91. The van der Waals surface area contributed by atoms with Crippen LogP contribution in [0.15, 0.2) is 55.2 Å². The molecule has 0 aliphatic carbocycles. The summed E-state index contributed by atoms with van der Waals surface area (Å²) in [6.45, 7) is 1.83. The van der Waals surface area contributed by atoms with Crippen molar-refractivity contribution >= 4 is 28.9 Å². The molecular formula is C18H15N11. The maximum atomic E-state index is 4.65. The smallest absolute Gasteiger partial charge is 0.162 e. The molecule has 0 aliphatic heterocycles. The molecule has 11 nitrogen and oxygen atoms in total. The zero-order valence-electron chi connectivity index (χ0n) is 15.3. The third-order valence-corrected chi connectivity index (χ3v) is 4.07. The van der Waals surface area contributed by atoms with Crippen LogP contribution in [0.3, 0.4) is 0 Å². The van der Waals surface area contributed by atoms with Crippen molar-refractivity contribution in [2.45, 2.75) is 6.92 Å². The Morgan fingerprint density at radius 2 is 1.93 bits per heavy atom. The maximum Gasteiger partial charge on any atom is 0.162 e. The van der Waals surface area contributed by atoms with Gasteiger partial charge in [-0.1, -0.05) is 0 Å². The van der Waals surface area contributed by atoms with Crippen LogP contribution in [0.25, 0.3) is 17.0 Å². The number of hydrogen-bond donors (Lipinski definition) is 3. The van der Waals surface area contributed by atoms with Crippen molar-refractivity contribution in [3.05, 3.63) is 61.1 Å². The first-order valence-corrected chi connectivity index (χ1v) is 8.75. The van der Waals surface area contributed by atoms with Crippen LogP contribution in [0.1, 0.15) is 5.82 Å². The van der Waals surface area contributed by atoms with Gasteiger partial charge in [-0.15, -0.1) is 0 Å². The van der Waals surface area contributed by atoms with Gasteiger partial charge in [0, 0.05) is 24.5 Å². The Labute approximate surface area is 164 Å². The number of aromatic amines is 1. The first kappa shape index (κ1) is 16.7. The normalized spacial score (nSPS) is 10.9. The summed E-state index contributed by atoms with van der Waals surface area (Å²) in [4.78, 5) is 21.8. The lowest BCUT2D eigenvalue weighted by atomic mass is 10.2. The SMILES string of the molecule is Cc1nc(Nc2ccncn2)cc(-c2c(Nc3ccn[nH]3)nc3cccnn23)n1. The lowest BCUT2D eigenvalue weighted by Crippen LogP contribution is -2.03. The highest BCUT2D eigenvalue weighted by Crippen LogP contribution is 2.30. The molecule has 5 heterocycles. The fraction of sp³-hybridized carbons (Fsp3) is 0.0556. The minimum atomic E-state index is 0.595. The molecule has 0 aromatic carbocycles. The van der Waals surface area contributed by atoms with Gasteiger partial charge >= 0.3 is 0 Å². The molecule has 0 saturated carbocycles. The van der Waals surface area contributed by atoms with Crippen molar-refractivity contribution in [2.24, 2.45) is 0 Å². The van der Waals surface area contributed by atoms with Crippen molar-refractivity contribution in [2.75, 3.05) is 10.6 Å². The van der Waals surface area contributed by atoms with E-state index in [2.05, 4.69) is 50.8 Å². The summed E-state index contributed by atoms with van der Waals surface area (Å²) in [6, 6.07) is 9.11. The second kappa shape index (κ2) is 6.96. The maximum absolute atomic E-state index is 4.65. The van der Waals surface area contributed by atoms with E-state index >= 15 is 0 Å². The number of imidazole rings is 1. The van der Waals surface area contributed by atoms with E-state index < -0.39 is 0 Å². The Morgan fingerprint density at radius 1 is 0.966 bits per heavy atom. The summed E-state index contributed by atoms with van der Waals surface area (Å²) in [5.74, 6) is 3.14. The van der Waals surface area contributed by atoms with Gasteiger partial charge in [-0.2, -0.15) is 10.2 Å². The minimum Gasteiger partial charge on any atom is -0.325 e. The second-order valence-corrected chi connectivity index (χ2v) is 6.10. The largest absolute Gasteiger partial charge is 0.325 e. The van der Waals surface area contributed by atoms with E-state index in [-0.39, 0.29) is 0 Å². The Morgan fingerprint density at radius 3 is 2.76 bits per heavy atom. The van der Waals surface area contributed by atoms with Gasteiger partial charge in [-0.05, 0) is 25.1 Å². The van der Waals surface area contributed by atoms with Gasteiger partial charge in [0.2, 0.25) is 0 Å². The highest BCUT2D eigenvalue weighted by molar-refractivity contribution is 5.78. The lowest BCUT2D eigenvalue weighted by Gasteiger charge is -2.09. The Kier molecular flexibility index (Phi) is 4.02. The predicted molar refractivity (Wildman–Crippen MR) is 106 cm³/mol. The van der Waals surface area contributed by atoms with Gasteiger partial charge in [-0.25, -0.2) is 29.4 Å². The van der Waals surface area contributed by atoms with Crippen molar-refractivity contribution < 1.29 is 0 Å². The summed E-state index contributed by atoms with van der Waals surface area (Å²) >= 11 is 0. The van der Waals surface area contributed by atoms with E-state index in [0.717, 1.165) is 0 Å². The molecule has 5 rings (SSSR count). The first-order valence-electron chi connectivity index (χ1n) is 8.75. The summed E-state index contributed by atoms with van der Waals surface area (Å²) < 4.78 is 1.73. The molecule has 29 heavy (non-hydrogen) atoms. The van der Waals surface area contributed by atoms with Crippen LogP contribution in [0.2, 0.25) is 0 Å². The number of H-pyrrole nitrogens is 1. The first-order chi connectivity index (χ1) is 14.3. The van der Waals surface area contributed by atoms with E-state index in [1.165, 1.54) is 6.33 Å². The number of rotatable bonds is 5. The van der Waals surface area contributed by atoms with Crippen LogP contribution in [0.5, 0.6) is 0 Å². The Balaban J connectivity index is 1.63. The number of anilines is 4. The summed E-state index contributed by atoms with van der Waals surface area (Å²) in [5.41, 5.74) is 2.04. The summed E-state index contributed by atoms with van der Waals surface area (Å²) in [5, 5.41) is 17.7. The highest BCUT2D eigenvalue weighted by Gasteiger charge is 2.18. The van der Waals surface area contributed by atoms with Gasteiger partial charge in [0.1, 0.15) is 35.3 Å². The number of nitrogens with one attached hydrogen (secondary N) is 3. The van der Waals surface area contributed by atoms with Gasteiger partial charge in [0.05, 0.1) is 11.9 Å². The molecule has 5 aromatic rings. The molecule has 0 aliphatic rings. The van der Waals surface area contributed by atoms with E-state index in [0.29, 0.717) is 46.1 Å². The molecule has 0 fully saturated rings. The van der Waals surface area contributed by atoms with Crippen molar-refractivity contribution in [1.29, 1.82) is 0 Å². The van der Waals surface area contributed by atoms with E-state index in [1.807, 2.05) is 31.2 Å². The van der Waals surface area contributed by atoms with Gasteiger partial charge < -0.3 is 10.6 Å². The average molecular weight is 385 g/mol. The molecule has 11 heteroatoms. The minimum absolute atomic E-state index is 0.595. The molecule has 142 valence electrons. The van der Waals surface area contributed by atoms with E-state index in [1.54, 1.807) is 29.2 Å². The number of aromatic nitrogens is 9. The molecule has 0 atom stereocenters. The van der Waals surface area contributed by atoms with Gasteiger partial charge in [-0.3, -0.25) is 5.10 Å². The summed E-state index contributed by atoms with van der Waals surface area (Å²) in [7, 11) is 0. The predicted octanol–water partition coefficient (Wildman–Crippen LogP) is 2.50. The topological polar surface area (TPSA) is 134 Å². The molecule has 3 N–H and O–H groups in total. The molecular weight excluding hydrogens is 370 g/mol. The number of hydrogen-bond acceptors (Lipinski definition) is 9. The Hall–Kier alpha value is -4.41. The lowest BCUT2D eigenvalue weighted by molar-refractivity contribution is 0.932. The van der Waals surface area contributed by atoms with Crippen molar-refractivity contribution in [3.63, 3.8) is 0 Å². The van der Waals surface area contributed by atoms with E-state index in [4.69, 9.17) is 0 Å². The highest BCUT2D eigenvalue weighted by atomic mass is 15.3. The second-order valence-electron chi connectivity index (χ2n) is 6.10. The molecule has 0 amide bonds. The number of aryl methyl sites for hydroxylation is 1. The van der Waals surface area contributed by atoms with Crippen LogP contribution in [0, 0.1) is 6.92 Å². The van der Waals surface area contributed by atoms with Crippen molar-refractivity contribution in [3.8, 4) is 11.4 Å². The molecule has 0 bridgehead atoms. The molecule has 5 aromatic heterocycles. The van der Waals surface area contributed by atoms with E-state index in [9.17, 15) is 0 Å². The average Bonchev–Trinajstić information content (AvgIpc) is 3.36. The molecule has 0 saturated heterocycles. The number of fused-ring (bicyclic) bond motifs is 1. The zero-order valence-corrected chi connectivity index (χ0v) is 15.3. The Bertz CT molecular complexity index is 1260. The van der Waals surface area contributed by atoms with Crippen LogP contribution in [0.4, 0.5) is 23.3 Å². The standard InChI is InChI=1S/C18H15N11/c1-11-23-12(9-15(24-11)25-13-4-7-19-10-20-13)17-18(26-14-5-8-21-28-14)27-16-3-2-6-22-29(16)17/h2-10H,1H3,(H2,21,26,28)(H,19,20,23,24,25). The number of nitrogens with zero attached hydrogens (tertiary/aromatic N) is 8. The van der Waals surface area contributed by atoms with Crippen LogP contribution in [-0.2, 0) is 0 Å². The van der Waals surface area contributed by atoms with Crippen LogP contribution < -0.4 is 10.6 Å².